The Hall–Kier alpha value is -1.35. The van der Waals surface area contributed by atoms with E-state index in [4.69, 9.17) is 0 Å². The fourth-order valence-corrected chi connectivity index (χ4v) is 3.90. The van der Waals surface area contributed by atoms with Gasteiger partial charge in [0, 0.05) is 24.7 Å². The molecule has 2 saturated heterocycles. The monoisotopic (exact) mass is 286 g/mol. The van der Waals surface area contributed by atoms with Crippen molar-refractivity contribution in [1.29, 1.82) is 0 Å². The van der Waals surface area contributed by atoms with Crippen molar-refractivity contribution in [3.63, 3.8) is 0 Å². The van der Waals surface area contributed by atoms with Crippen molar-refractivity contribution in [3.8, 4) is 0 Å². The zero-order valence-electron chi connectivity index (χ0n) is 13.1. The zero-order valence-corrected chi connectivity index (χ0v) is 13.1. The average Bonchev–Trinajstić information content (AvgIpc) is 2.81. The molecule has 0 saturated carbocycles. The third-order valence-corrected chi connectivity index (χ3v) is 5.03. The number of aryl methyl sites for hydroxylation is 1. The van der Waals surface area contributed by atoms with Crippen molar-refractivity contribution in [2.45, 2.75) is 64.1 Å². The number of rotatable bonds is 4. The molecule has 3 rings (SSSR count). The summed E-state index contributed by atoms with van der Waals surface area (Å²) in [5, 5.41) is 3.66. The predicted molar refractivity (Wildman–Crippen MR) is 85.2 cm³/mol. The quantitative estimate of drug-likeness (QED) is 0.923. The van der Waals surface area contributed by atoms with Crippen LogP contribution < -0.4 is 5.32 Å². The van der Waals surface area contributed by atoms with Gasteiger partial charge in [-0.15, -0.1) is 0 Å². The van der Waals surface area contributed by atoms with Crippen molar-refractivity contribution in [2.75, 3.05) is 6.54 Å². The van der Waals surface area contributed by atoms with Gasteiger partial charge in [-0.1, -0.05) is 29.8 Å². The smallest absolute Gasteiger partial charge is 0.227 e. The Balaban J connectivity index is 1.65. The normalized spacial score (nSPS) is 27.6. The van der Waals surface area contributed by atoms with Crippen molar-refractivity contribution < 1.29 is 4.79 Å². The van der Waals surface area contributed by atoms with Crippen LogP contribution in [0.15, 0.2) is 24.3 Å². The Kier molecular flexibility index (Phi) is 4.29. The van der Waals surface area contributed by atoms with Gasteiger partial charge in [0.05, 0.1) is 6.42 Å². The lowest BCUT2D eigenvalue weighted by atomic mass is 9.97. The van der Waals surface area contributed by atoms with Crippen LogP contribution in [-0.2, 0) is 11.2 Å². The molecular weight excluding hydrogens is 260 g/mol. The molecule has 1 N–H and O–H groups in total. The van der Waals surface area contributed by atoms with Gasteiger partial charge in [-0.3, -0.25) is 4.79 Å². The molecule has 2 aliphatic rings. The summed E-state index contributed by atoms with van der Waals surface area (Å²) in [6.45, 7) is 5.01. The van der Waals surface area contributed by atoms with Gasteiger partial charge < -0.3 is 10.2 Å². The molecule has 3 nitrogen and oxygen atoms in total. The third-order valence-electron chi connectivity index (χ3n) is 5.03. The molecule has 114 valence electrons. The number of hydrogen-bond acceptors (Lipinski definition) is 2. The second-order valence-electron chi connectivity index (χ2n) is 6.61. The Morgan fingerprint density at radius 2 is 1.81 bits per heavy atom. The minimum absolute atomic E-state index is 0.285. The summed E-state index contributed by atoms with van der Waals surface area (Å²) in [5.74, 6) is 0.285. The Labute approximate surface area is 127 Å². The fraction of sp³-hybridized carbons (Fsp3) is 0.611. The molecule has 3 heteroatoms. The zero-order chi connectivity index (χ0) is 14.8. The molecule has 0 radical (unpaired) electrons. The van der Waals surface area contributed by atoms with Crippen LogP contribution in [0.5, 0.6) is 0 Å². The number of carbonyl (C=O) groups is 1. The summed E-state index contributed by atoms with van der Waals surface area (Å²) in [6.07, 6.45) is 5.36. The van der Waals surface area contributed by atoms with E-state index in [1.54, 1.807) is 0 Å². The maximum Gasteiger partial charge on any atom is 0.227 e. The number of nitrogens with one attached hydrogen (secondary N) is 1. The topological polar surface area (TPSA) is 32.3 Å². The standard InChI is InChI=1S/C18H26N2O/c1-3-20(17-11-15-8-9-16(12-17)19-15)18(21)10-14-6-4-13(2)5-7-14/h4-7,15-17,19H,3,8-12H2,1-2H3. The maximum atomic E-state index is 12.7. The summed E-state index contributed by atoms with van der Waals surface area (Å²) in [7, 11) is 0. The first-order valence-corrected chi connectivity index (χ1v) is 8.26. The van der Waals surface area contributed by atoms with E-state index in [1.807, 2.05) is 0 Å². The van der Waals surface area contributed by atoms with E-state index in [0.29, 0.717) is 24.5 Å². The molecule has 1 amide bonds. The van der Waals surface area contributed by atoms with Crippen molar-refractivity contribution in [2.24, 2.45) is 0 Å². The number of likely N-dealkylation sites (N-methyl/N-ethyl adjacent to an activating group) is 1. The Bertz CT molecular complexity index is 484. The van der Waals surface area contributed by atoms with Crippen LogP contribution in [0.3, 0.4) is 0 Å². The molecule has 2 atom stereocenters. The highest BCUT2D eigenvalue weighted by Gasteiger charge is 2.36. The van der Waals surface area contributed by atoms with Crippen LogP contribution in [0.2, 0.25) is 0 Å². The van der Waals surface area contributed by atoms with Crippen LogP contribution in [0, 0.1) is 6.92 Å². The number of carbonyl (C=O) groups excluding carboxylic acids is 1. The SMILES string of the molecule is CCN(C(=O)Cc1ccc(C)cc1)C1CC2CCC(C1)N2. The van der Waals surface area contributed by atoms with Gasteiger partial charge >= 0.3 is 0 Å². The molecule has 1 aromatic carbocycles. The lowest BCUT2D eigenvalue weighted by Crippen LogP contribution is -2.50. The van der Waals surface area contributed by atoms with Crippen molar-refractivity contribution >= 4 is 5.91 Å². The molecule has 2 aliphatic heterocycles. The van der Waals surface area contributed by atoms with E-state index in [2.05, 4.69) is 48.3 Å². The fourth-order valence-electron chi connectivity index (χ4n) is 3.90. The van der Waals surface area contributed by atoms with Crippen LogP contribution in [0.1, 0.15) is 43.7 Å². The van der Waals surface area contributed by atoms with Crippen LogP contribution in [0.25, 0.3) is 0 Å². The molecule has 0 spiro atoms. The average molecular weight is 286 g/mol. The van der Waals surface area contributed by atoms with E-state index in [-0.39, 0.29) is 5.91 Å². The summed E-state index contributed by atoms with van der Waals surface area (Å²) in [5.41, 5.74) is 2.37. The molecule has 2 unspecified atom stereocenters. The number of nitrogens with zero attached hydrogens (tertiary/aromatic N) is 1. The Morgan fingerprint density at radius 1 is 1.19 bits per heavy atom. The van der Waals surface area contributed by atoms with E-state index in [1.165, 1.54) is 18.4 Å². The number of piperidine rings is 1. The summed E-state index contributed by atoms with van der Waals surface area (Å²) >= 11 is 0. The largest absolute Gasteiger partial charge is 0.340 e. The van der Waals surface area contributed by atoms with Gasteiger partial charge in [0.15, 0.2) is 0 Å². The first-order valence-electron chi connectivity index (χ1n) is 8.26. The van der Waals surface area contributed by atoms with Crippen molar-refractivity contribution in [3.05, 3.63) is 35.4 Å². The number of hydrogen-bond donors (Lipinski definition) is 1. The molecule has 2 heterocycles. The number of fused-ring (bicyclic) bond motifs is 2. The number of amides is 1. The van der Waals surface area contributed by atoms with Crippen LogP contribution in [0.4, 0.5) is 0 Å². The summed E-state index contributed by atoms with van der Waals surface area (Å²) in [4.78, 5) is 14.8. The maximum absolute atomic E-state index is 12.7. The predicted octanol–water partition coefficient (Wildman–Crippen LogP) is 2.67. The van der Waals surface area contributed by atoms with Crippen LogP contribution >= 0.6 is 0 Å². The molecular formula is C18H26N2O. The van der Waals surface area contributed by atoms with E-state index in [0.717, 1.165) is 24.9 Å². The second kappa shape index (κ2) is 6.18. The van der Waals surface area contributed by atoms with E-state index >= 15 is 0 Å². The highest BCUT2D eigenvalue weighted by Crippen LogP contribution is 2.30. The lowest BCUT2D eigenvalue weighted by Gasteiger charge is -2.37. The summed E-state index contributed by atoms with van der Waals surface area (Å²) < 4.78 is 0. The molecule has 0 aliphatic carbocycles. The minimum Gasteiger partial charge on any atom is -0.340 e. The lowest BCUT2D eigenvalue weighted by molar-refractivity contribution is -0.133. The van der Waals surface area contributed by atoms with Gasteiger partial charge in [0.2, 0.25) is 5.91 Å². The van der Waals surface area contributed by atoms with E-state index < -0.39 is 0 Å². The molecule has 2 bridgehead atoms. The molecule has 1 aromatic rings. The van der Waals surface area contributed by atoms with Gasteiger partial charge in [0.1, 0.15) is 0 Å². The van der Waals surface area contributed by atoms with Gasteiger partial charge in [-0.2, -0.15) is 0 Å². The molecule has 2 fully saturated rings. The van der Waals surface area contributed by atoms with Gasteiger partial charge in [-0.25, -0.2) is 0 Å². The highest BCUT2D eigenvalue weighted by molar-refractivity contribution is 5.79. The Morgan fingerprint density at radius 3 is 2.38 bits per heavy atom. The van der Waals surface area contributed by atoms with Crippen LogP contribution in [-0.4, -0.2) is 35.5 Å². The van der Waals surface area contributed by atoms with Crippen molar-refractivity contribution in [1.82, 2.24) is 10.2 Å². The van der Waals surface area contributed by atoms with E-state index in [9.17, 15) is 4.79 Å². The van der Waals surface area contributed by atoms with Gasteiger partial charge in [-0.05, 0) is 45.1 Å². The molecule has 21 heavy (non-hydrogen) atoms. The summed E-state index contributed by atoms with van der Waals surface area (Å²) in [6, 6.07) is 10.0. The van der Waals surface area contributed by atoms with Gasteiger partial charge in [0.25, 0.3) is 0 Å². The first-order chi connectivity index (χ1) is 10.2. The highest BCUT2D eigenvalue weighted by atomic mass is 16.2. The molecule has 0 aromatic heterocycles. The first kappa shape index (κ1) is 14.6. The second-order valence-corrected chi connectivity index (χ2v) is 6.61. The third kappa shape index (κ3) is 3.29. The number of benzene rings is 1. The minimum atomic E-state index is 0.285.